The molecule has 2 heterocycles. The van der Waals surface area contributed by atoms with Crippen LogP contribution in [0.4, 0.5) is 0 Å². The summed E-state index contributed by atoms with van der Waals surface area (Å²) >= 11 is 0. The summed E-state index contributed by atoms with van der Waals surface area (Å²) in [7, 11) is 0. The van der Waals surface area contributed by atoms with Crippen molar-refractivity contribution in [2.45, 2.75) is 65.0 Å². The number of carbonyl (C=O) groups is 1. The molecule has 0 aliphatic carbocycles. The normalized spacial score (nSPS) is 22.2. The van der Waals surface area contributed by atoms with Gasteiger partial charge in [0.15, 0.2) is 0 Å². The van der Waals surface area contributed by atoms with Gasteiger partial charge in [-0.2, -0.15) is 0 Å². The van der Waals surface area contributed by atoms with E-state index in [0.717, 1.165) is 66.0 Å². The van der Waals surface area contributed by atoms with Crippen molar-refractivity contribution in [1.82, 2.24) is 4.90 Å². The molecule has 2 aliphatic heterocycles. The van der Waals surface area contributed by atoms with Gasteiger partial charge in [0.05, 0.1) is 0 Å². The minimum atomic E-state index is -0.337. The highest BCUT2D eigenvalue weighted by Crippen LogP contribution is 2.51. The fourth-order valence-corrected chi connectivity index (χ4v) is 5.07. The van der Waals surface area contributed by atoms with Crippen molar-refractivity contribution in [2.75, 3.05) is 19.7 Å². The van der Waals surface area contributed by atoms with E-state index in [1.54, 1.807) is 12.1 Å². The summed E-state index contributed by atoms with van der Waals surface area (Å²) in [6.07, 6.45) is 3.09. The predicted molar refractivity (Wildman–Crippen MR) is 122 cm³/mol. The van der Waals surface area contributed by atoms with Crippen molar-refractivity contribution in [3.63, 3.8) is 0 Å². The second kappa shape index (κ2) is 8.19. The number of phenols is 1. The Balaban J connectivity index is 1.52. The topological polar surface area (TPSA) is 59.0 Å². The zero-order valence-electron chi connectivity index (χ0n) is 19.2. The number of nitrogens with zero attached hydrogens (tertiary/aromatic N) is 1. The second-order valence-electron chi connectivity index (χ2n) is 9.51. The largest absolute Gasteiger partial charge is 0.507 e. The summed E-state index contributed by atoms with van der Waals surface area (Å²) in [5.74, 6) is 2.31. The molecule has 2 atom stereocenters. The molecule has 1 N–H and O–H groups in total. The molecule has 5 nitrogen and oxygen atoms in total. The number of ether oxygens (including phenoxy) is 2. The molecule has 0 saturated carbocycles. The maximum absolute atomic E-state index is 10.8. The number of likely N-dealkylation sites (tertiary alicyclic amines) is 1. The van der Waals surface area contributed by atoms with Crippen molar-refractivity contribution >= 4 is 6.29 Å². The first-order valence-corrected chi connectivity index (χ1v) is 11.2. The Bertz CT molecular complexity index is 980. The lowest BCUT2D eigenvalue weighted by molar-refractivity contribution is 0.0791. The first-order chi connectivity index (χ1) is 14.7. The zero-order valence-corrected chi connectivity index (χ0v) is 19.2. The minimum absolute atomic E-state index is 0.181. The highest BCUT2D eigenvalue weighted by atomic mass is 16.5. The monoisotopic (exact) mass is 423 g/mol. The van der Waals surface area contributed by atoms with Gasteiger partial charge in [0.25, 0.3) is 0 Å². The lowest BCUT2D eigenvalue weighted by Crippen LogP contribution is -2.42. The molecule has 0 spiro atoms. The summed E-state index contributed by atoms with van der Waals surface area (Å²) in [5, 5.41) is 10.7. The van der Waals surface area contributed by atoms with E-state index in [0.29, 0.717) is 24.0 Å². The van der Waals surface area contributed by atoms with Gasteiger partial charge in [-0.05, 0) is 95.0 Å². The smallest absolute Gasteiger partial charge is 0.150 e. The zero-order chi connectivity index (χ0) is 22.3. The van der Waals surface area contributed by atoms with E-state index in [2.05, 4.69) is 18.7 Å². The van der Waals surface area contributed by atoms with Crippen molar-refractivity contribution in [3.8, 4) is 17.2 Å². The van der Waals surface area contributed by atoms with Gasteiger partial charge in [-0.25, -0.2) is 0 Å². The van der Waals surface area contributed by atoms with E-state index >= 15 is 0 Å². The first-order valence-electron chi connectivity index (χ1n) is 11.2. The fraction of sp³-hybridized carbons (Fsp3) is 0.500. The van der Waals surface area contributed by atoms with Crippen LogP contribution in [0.5, 0.6) is 17.2 Å². The van der Waals surface area contributed by atoms with E-state index in [1.807, 2.05) is 32.9 Å². The third-order valence-corrected chi connectivity index (χ3v) is 7.19. The molecule has 0 radical (unpaired) electrons. The third-order valence-electron chi connectivity index (χ3n) is 7.19. The summed E-state index contributed by atoms with van der Waals surface area (Å²) in [5.41, 5.74) is 4.35. The molecule has 31 heavy (non-hydrogen) atoms. The molecule has 2 aromatic rings. The molecule has 1 fully saturated rings. The van der Waals surface area contributed by atoms with Gasteiger partial charge in [-0.3, -0.25) is 9.69 Å². The molecule has 4 rings (SSSR count). The lowest BCUT2D eigenvalue weighted by Gasteiger charge is -2.33. The number of carbonyl (C=O) groups excluding carboxylic acids is 1. The van der Waals surface area contributed by atoms with Gasteiger partial charge in [0, 0.05) is 29.6 Å². The summed E-state index contributed by atoms with van der Waals surface area (Å²) in [6.45, 7) is 12.8. The molecule has 0 aromatic heterocycles. The van der Waals surface area contributed by atoms with Crippen LogP contribution in [0.1, 0.15) is 65.2 Å². The Kier molecular flexibility index (Phi) is 5.73. The summed E-state index contributed by atoms with van der Waals surface area (Å²) in [6, 6.07) is 7.60. The van der Waals surface area contributed by atoms with Crippen molar-refractivity contribution in [3.05, 3.63) is 52.1 Å². The number of aromatic hydroxyl groups is 1. The Morgan fingerprint density at radius 3 is 2.55 bits per heavy atom. The average molecular weight is 424 g/mol. The maximum Gasteiger partial charge on any atom is 0.150 e. The van der Waals surface area contributed by atoms with Crippen LogP contribution in [0, 0.1) is 20.8 Å². The molecule has 166 valence electrons. The molecule has 0 amide bonds. The Hall–Kier alpha value is -2.53. The van der Waals surface area contributed by atoms with Gasteiger partial charge in [0.1, 0.15) is 35.7 Å². The quantitative estimate of drug-likeness (QED) is 0.668. The number of rotatable bonds is 6. The summed E-state index contributed by atoms with van der Waals surface area (Å²) < 4.78 is 12.5. The van der Waals surface area contributed by atoms with E-state index in [-0.39, 0.29) is 11.5 Å². The van der Waals surface area contributed by atoms with E-state index in [1.165, 1.54) is 0 Å². The van der Waals surface area contributed by atoms with Crippen LogP contribution in [-0.4, -0.2) is 47.6 Å². The molecule has 5 heteroatoms. The van der Waals surface area contributed by atoms with Gasteiger partial charge in [-0.15, -0.1) is 0 Å². The number of aldehydes is 1. The van der Waals surface area contributed by atoms with Crippen LogP contribution < -0.4 is 9.47 Å². The number of benzene rings is 2. The van der Waals surface area contributed by atoms with Gasteiger partial charge in [0.2, 0.25) is 0 Å². The maximum atomic E-state index is 10.8. The molecule has 2 aliphatic rings. The van der Waals surface area contributed by atoms with Crippen molar-refractivity contribution in [1.29, 1.82) is 0 Å². The lowest BCUT2D eigenvalue weighted by atomic mass is 9.82. The van der Waals surface area contributed by atoms with Gasteiger partial charge < -0.3 is 14.6 Å². The Morgan fingerprint density at radius 2 is 1.87 bits per heavy atom. The third kappa shape index (κ3) is 3.91. The fourth-order valence-electron chi connectivity index (χ4n) is 5.07. The first kappa shape index (κ1) is 21.7. The second-order valence-corrected chi connectivity index (χ2v) is 9.51. The van der Waals surface area contributed by atoms with Crippen LogP contribution in [-0.2, 0) is 0 Å². The molecule has 1 unspecified atom stereocenters. The SMILES string of the molecule is Cc1c(C)c2c(c(C)c1O)C(CN1CCC[C@H]1COc1ccc(C=O)cc1)C(C)(C)O2. The number of fused-ring (bicyclic) bond motifs is 1. The Morgan fingerprint density at radius 1 is 1.16 bits per heavy atom. The number of hydrogen-bond donors (Lipinski definition) is 1. The average Bonchev–Trinajstić information content (AvgIpc) is 3.31. The van der Waals surface area contributed by atoms with E-state index < -0.39 is 0 Å². The van der Waals surface area contributed by atoms with Gasteiger partial charge in [-0.1, -0.05) is 0 Å². The molecule has 0 bridgehead atoms. The van der Waals surface area contributed by atoms with Crippen LogP contribution in [0.2, 0.25) is 0 Å². The standard InChI is InChI=1S/C26H33NO4/c1-16-17(2)25-23(18(3)24(16)29)22(26(4,5)31-25)13-27-12-6-7-20(27)15-30-21-10-8-19(14-28)9-11-21/h8-11,14,20,22,29H,6-7,12-13,15H2,1-5H3/t20-,22?/m0/s1. The number of hydrogen-bond acceptors (Lipinski definition) is 5. The van der Waals surface area contributed by atoms with E-state index in [4.69, 9.17) is 9.47 Å². The van der Waals surface area contributed by atoms with E-state index in [9.17, 15) is 9.90 Å². The van der Waals surface area contributed by atoms with Crippen LogP contribution in [0.25, 0.3) is 0 Å². The molecule has 2 aromatic carbocycles. The highest BCUT2D eigenvalue weighted by molar-refractivity contribution is 5.74. The molecular weight excluding hydrogens is 390 g/mol. The predicted octanol–water partition coefficient (Wildman–Crippen LogP) is 4.93. The van der Waals surface area contributed by atoms with Gasteiger partial charge >= 0.3 is 0 Å². The molecular formula is C26H33NO4. The van der Waals surface area contributed by atoms with Crippen LogP contribution in [0.3, 0.4) is 0 Å². The summed E-state index contributed by atoms with van der Waals surface area (Å²) in [4.78, 5) is 13.4. The van der Waals surface area contributed by atoms with Crippen LogP contribution in [0.15, 0.2) is 24.3 Å². The molecule has 1 saturated heterocycles. The van der Waals surface area contributed by atoms with Crippen molar-refractivity contribution < 1.29 is 19.4 Å². The Labute approximate surface area is 185 Å². The highest BCUT2D eigenvalue weighted by Gasteiger charge is 2.45. The van der Waals surface area contributed by atoms with Crippen molar-refractivity contribution in [2.24, 2.45) is 0 Å². The minimum Gasteiger partial charge on any atom is -0.507 e. The number of phenolic OH excluding ortho intramolecular Hbond substituents is 1. The van der Waals surface area contributed by atoms with Crippen LogP contribution >= 0.6 is 0 Å².